The fraction of sp³-hybridized carbons (Fsp3) is 0.545. The molecule has 0 aliphatic heterocycles. The number of nitro groups is 1. The summed E-state index contributed by atoms with van der Waals surface area (Å²) in [6.45, 7) is 4.74. The number of aliphatic hydroxyl groups excluding tert-OH is 1. The maximum Gasteiger partial charge on any atom is 0.274 e. The monoisotopic (exact) mass is 239 g/mol. The maximum absolute atomic E-state index is 10.6. The first-order valence-corrected chi connectivity index (χ1v) is 5.40. The van der Waals surface area contributed by atoms with E-state index in [-0.39, 0.29) is 17.7 Å². The zero-order valence-corrected chi connectivity index (χ0v) is 10.0. The van der Waals surface area contributed by atoms with Gasteiger partial charge < -0.3 is 10.4 Å². The minimum atomic E-state index is -0.453. The molecule has 17 heavy (non-hydrogen) atoms. The Morgan fingerprint density at radius 3 is 2.88 bits per heavy atom. The van der Waals surface area contributed by atoms with Gasteiger partial charge in [0.1, 0.15) is 5.82 Å². The number of pyridine rings is 1. The van der Waals surface area contributed by atoms with E-state index in [1.807, 2.05) is 13.8 Å². The molecule has 1 aromatic heterocycles. The van der Waals surface area contributed by atoms with Gasteiger partial charge in [0.25, 0.3) is 5.69 Å². The molecule has 0 aromatic carbocycles. The second-order valence-electron chi connectivity index (χ2n) is 4.65. The summed E-state index contributed by atoms with van der Waals surface area (Å²) in [7, 11) is 0. The fourth-order valence-electron chi connectivity index (χ4n) is 1.35. The lowest BCUT2D eigenvalue weighted by Crippen LogP contribution is -2.24. The molecule has 0 spiro atoms. The second-order valence-corrected chi connectivity index (χ2v) is 4.65. The van der Waals surface area contributed by atoms with E-state index in [4.69, 9.17) is 5.11 Å². The Morgan fingerprint density at radius 2 is 2.29 bits per heavy atom. The van der Waals surface area contributed by atoms with Gasteiger partial charge in [0.15, 0.2) is 0 Å². The Hall–Kier alpha value is -1.69. The predicted octanol–water partition coefficient (Wildman–Crippen LogP) is 1.81. The van der Waals surface area contributed by atoms with Crippen molar-refractivity contribution in [1.29, 1.82) is 0 Å². The molecule has 6 nitrogen and oxygen atoms in total. The zero-order chi connectivity index (χ0) is 12.9. The normalized spacial score (nSPS) is 11.2. The first-order valence-electron chi connectivity index (χ1n) is 5.40. The molecule has 0 atom stereocenters. The van der Waals surface area contributed by atoms with Gasteiger partial charge in [-0.1, -0.05) is 13.8 Å². The molecule has 1 aromatic rings. The fourth-order valence-corrected chi connectivity index (χ4v) is 1.35. The molecule has 0 fully saturated rings. The molecule has 0 radical (unpaired) electrons. The number of nitrogens with zero attached hydrogens (tertiary/aromatic N) is 2. The molecule has 0 unspecified atom stereocenters. The van der Waals surface area contributed by atoms with Gasteiger partial charge in [-0.25, -0.2) is 4.98 Å². The van der Waals surface area contributed by atoms with Crippen molar-refractivity contribution in [3.63, 3.8) is 0 Å². The van der Waals surface area contributed by atoms with Crippen LogP contribution in [0.2, 0.25) is 0 Å². The molecule has 0 saturated heterocycles. The van der Waals surface area contributed by atoms with Crippen LogP contribution in [0.25, 0.3) is 0 Å². The summed E-state index contributed by atoms with van der Waals surface area (Å²) in [6, 6.07) is 2.75. The van der Waals surface area contributed by atoms with E-state index in [0.29, 0.717) is 18.8 Å². The minimum absolute atomic E-state index is 0.0162. The van der Waals surface area contributed by atoms with Crippen molar-refractivity contribution in [2.24, 2.45) is 5.41 Å². The smallest absolute Gasteiger partial charge is 0.274 e. The number of anilines is 1. The van der Waals surface area contributed by atoms with Crippen molar-refractivity contribution in [2.75, 3.05) is 18.5 Å². The van der Waals surface area contributed by atoms with E-state index in [1.165, 1.54) is 18.3 Å². The van der Waals surface area contributed by atoms with Gasteiger partial charge in [-0.3, -0.25) is 10.1 Å². The van der Waals surface area contributed by atoms with Gasteiger partial charge >= 0.3 is 0 Å². The number of nitrogens with one attached hydrogen (secondary N) is 1. The van der Waals surface area contributed by atoms with Crippen LogP contribution in [0, 0.1) is 15.5 Å². The van der Waals surface area contributed by atoms with E-state index in [0.717, 1.165) is 0 Å². The summed E-state index contributed by atoms with van der Waals surface area (Å²) in [5.41, 5.74) is -0.0661. The Kier molecular flexibility index (Phi) is 4.39. The van der Waals surface area contributed by atoms with Crippen LogP contribution in [0.1, 0.15) is 20.3 Å². The Bertz CT molecular complexity index is 393. The first kappa shape index (κ1) is 13.4. The van der Waals surface area contributed by atoms with Crippen molar-refractivity contribution in [1.82, 2.24) is 4.98 Å². The van der Waals surface area contributed by atoms with Gasteiger partial charge in [0, 0.05) is 25.4 Å². The zero-order valence-electron chi connectivity index (χ0n) is 10.0. The lowest BCUT2D eigenvalue weighted by molar-refractivity contribution is -0.384. The molecular weight excluding hydrogens is 222 g/mol. The Balaban J connectivity index is 2.63. The van der Waals surface area contributed by atoms with Crippen LogP contribution in [0.5, 0.6) is 0 Å². The van der Waals surface area contributed by atoms with Crippen LogP contribution in [0.15, 0.2) is 18.3 Å². The van der Waals surface area contributed by atoms with E-state index in [2.05, 4.69) is 10.3 Å². The van der Waals surface area contributed by atoms with E-state index < -0.39 is 4.92 Å². The van der Waals surface area contributed by atoms with Crippen LogP contribution in [0.3, 0.4) is 0 Å². The summed E-state index contributed by atoms with van der Waals surface area (Å²) in [4.78, 5) is 14.1. The minimum Gasteiger partial charge on any atom is -0.396 e. The van der Waals surface area contributed by atoms with Gasteiger partial charge in [-0.2, -0.15) is 0 Å². The third-order valence-corrected chi connectivity index (χ3v) is 2.49. The highest BCUT2D eigenvalue weighted by Gasteiger charge is 2.17. The van der Waals surface area contributed by atoms with Gasteiger partial charge in [-0.15, -0.1) is 0 Å². The quantitative estimate of drug-likeness (QED) is 0.583. The van der Waals surface area contributed by atoms with E-state index in [9.17, 15) is 10.1 Å². The molecule has 0 bridgehead atoms. The summed E-state index contributed by atoms with van der Waals surface area (Å²) in [5, 5.41) is 22.5. The Morgan fingerprint density at radius 1 is 1.59 bits per heavy atom. The van der Waals surface area contributed by atoms with Crippen LogP contribution < -0.4 is 5.32 Å². The van der Waals surface area contributed by atoms with Crippen LogP contribution in [-0.2, 0) is 0 Å². The second kappa shape index (κ2) is 5.58. The molecule has 2 N–H and O–H groups in total. The molecule has 1 rings (SSSR count). The summed E-state index contributed by atoms with van der Waals surface area (Å²) in [5.74, 6) is 0.477. The summed E-state index contributed by atoms with van der Waals surface area (Å²) >= 11 is 0. The largest absolute Gasteiger partial charge is 0.396 e. The number of aliphatic hydroxyl groups is 1. The van der Waals surface area contributed by atoms with Crippen molar-refractivity contribution in [3.05, 3.63) is 28.4 Å². The SMILES string of the molecule is CC(C)(CCO)CNc1cc([N+](=O)[O-])ccn1. The third-order valence-electron chi connectivity index (χ3n) is 2.49. The highest BCUT2D eigenvalue weighted by Crippen LogP contribution is 2.21. The van der Waals surface area contributed by atoms with Crippen molar-refractivity contribution in [3.8, 4) is 0 Å². The van der Waals surface area contributed by atoms with Crippen molar-refractivity contribution >= 4 is 11.5 Å². The van der Waals surface area contributed by atoms with Crippen molar-refractivity contribution < 1.29 is 10.0 Å². The summed E-state index contributed by atoms with van der Waals surface area (Å²) < 4.78 is 0. The molecule has 0 saturated carbocycles. The van der Waals surface area contributed by atoms with Gasteiger partial charge in [-0.05, 0) is 11.8 Å². The first-order chi connectivity index (χ1) is 7.94. The van der Waals surface area contributed by atoms with Crippen LogP contribution >= 0.6 is 0 Å². The molecule has 0 amide bonds. The molecule has 1 heterocycles. The van der Waals surface area contributed by atoms with Crippen LogP contribution in [0.4, 0.5) is 11.5 Å². The number of hydrogen-bond acceptors (Lipinski definition) is 5. The topological polar surface area (TPSA) is 88.3 Å². The molecule has 94 valence electrons. The number of hydrogen-bond donors (Lipinski definition) is 2. The maximum atomic E-state index is 10.6. The molecular formula is C11H17N3O3. The molecule has 6 heteroatoms. The van der Waals surface area contributed by atoms with Crippen molar-refractivity contribution in [2.45, 2.75) is 20.3 Å². The van der Waals surface area contributed by atoms with E-state index >= 15 is 0 Å². The van der Waals surface area contributed by atoms with Gasteiger partial charge in [0.05, 0.1) is 11.0 Å². The van der Waals surface area contributed by atoms with Gasteiger partial charge in [0.2, 0.25) is 0 Å². The molecule has 0 aliphatic rings. The standard InChI is InChI=1S/C11H17N3O3/c1-11(2,4-6-15)8-13-10-7-9(14(16)17)3-5-12-10/h3,5,7,15H,4,6,8H2,1-2H3,(H,12,13). The van der Waals surface area contributed by atoms with E-state index in [1.54, 1.807) is 0 Å². The van der Waals surface area contributed by atoms with Crippen LogP contribution in [-0.4, -0.2) is 28.2 Å². The third kappa shape index (κ3) is 4.36. The highest BCUT2D eigenvalue weighted by atomic mass is 16.6. The highest BCUT2D eigenvalue weighted by molar-refractivity contribution is 5.44. The number of aromatic nitrogens is 1. The number of rotatable bonds is 6. The molecule has 0 aliphatic carbocycles. The average Bonchev–Trinajstić information content (AvgIpc) is 2.27. The lowest BCUT2D eigenvalue weighted by Gasteiger charge is -2.23. The lowest BCUT2D eigenvalue weighted by atomic mass is 9.90. The summed E-state index contributed by atoms with van der Waals surface area (Å²) in [6.07, 6.45) is 2.06. The average molecular weight is 239 g/mol. The predicted molar refractivity (Wildman–Crippen MR) is 64.9 cm³/mol. The Labute approximate surface area is 99.8 Å².